The van der Waals surface area contributed by atoms with Crippen molar-refractivity contribution in [3.05, 3.63) is 48.6 Å². The Morgan fingerprint density at radius 1 is 1.36 bits per heavy atom. The first-order valence-corrected chi connectivity index (χ1v) is 5.15. The van der Waals surface area contributed by atoms with Gasteiger partial charge in [-0.05, 0) is 18.4 Å². The van der Waals surface area contributed by atoms with Crippen molar-refractivity contribution >= 4 is 0 Å². The Labute approximate surface area is 86.4 Å². The van der Waals surface area contributed by atoms with Crippen LogP contribution >= 0.6 is 0 Å². The van der Waals surface area contributed by atoms with E-state index in [1.807, 2.05) is 12.1 Å². The van der Waals surface area contributed by atoms with Crippen molar-refractivity contribution in [3.63, 3.8) is 0 Å². The van der Waals surface area contributed by atoms with Crippen LogP contribution < -0.4 is 0 Å². The van der Waals surface area contributed by atoms with Crippen LogP contribution in [-0.4, -0.2) is 12.7 Å². The van der Waals surface area contributed by atoms with Gasteiger partial charge in [-0.2, -0.15) is 0 Å². The molecule has 1 aromatic carbocycles. The van der Waals surface area contributed by atoms with Gasteiger partial charge in [-0.15, -0.1) is 6.58 Å². The zero-order valence-corrected chi connectivity index (χ0v) is 8.78. The smallest absolute Gasteiger partial charge is 0.0750 e. The molecule has 1 atom stereocenters. The zero-order chi connectivity index (χ0) is 10.2. The fourth-order valence-electron chi connectivity index (χ4n) is 1.33. The van der Waals surface area contributed by atoms with Gasteiger partial charge >= 0.3 is 0 Å². The molecule has 0 aliphatic carbocycles. The summed E-state index contributed by atoms with van der Waals surface area (Å²) in [6, 6.07) is 10.4. The second-order valence-electron chi connectivity index (χ2n) is 3.29. The molecule has 1 unspecified atom stereocenters. The van der Waals surface area contributed by atoms with Gasteiger partial charge in [-0.3, -0.25) is 0 Å². The van der Waals surface area contributed by atoms with Gasteiger partial charge in [0.2, 0.25) is 0 Å². The molecule has 76 valence electrons. The number of hydrogen-bond acceptors (Lipinski definition) is 1. The van der Waals surface area contributed by atoms with Crippen LogP contribution in [0.3, 0.4) is 0 Å². The van der Waals surface area contributed by atoms with E-state index in [1.165, 1.54) is 5.56 Å². The molecule has 0 N–H and O–H groups in total. The lowest BCUT2D eigenvalue weighted by atomic mass is 10.2. The Morgan fingerprint density at radius 3 is 2.64 bits per heavy atom. The predicted octanol–water partition coefficient (Wildman–Crippen LogP) is 3.21. The van der Waals surface area contributed by atoms with E-state index in [2.05, 4.69) is 37.8 Å². The molecule has 1 heteroatoms. The van der Waals surface area contributed by atoms with Crippen LogP contribution in [0, 0.1) is 0 Å². The van der Waals surface area contributed by atoms with Crippen LogP contribution in [-0.2, 0) is 11.2 Å². The summed E-state index contributed by atoms with van der Waals surface area (Å²) >= 11 is 0. The molecule has 0 fully saturated rings. The lowest BCUT2D eigenvalue weighted by Gasteiger charge is -2.11. The highest BCUT2D eigenvalue weighted by molar-refractivity contribution is 5.14. The largest absolute Gasteiger partial charge is 0.374 e. The third-order valence-corrected chi connectivity index (χ3v) is 2.23. The highest BCUT2D eigenvalue weighted by atomic mass is 16.5. The molecule has 14 heavy (non-hydrogen) atoms. The lowest BCUT2D eigenvalue weighted by Crippen LogP contribution is -2.10. The molecule has 0 saturated carbocycles. The fourth-order valence-corrected chi connectivity index (χ4v) is 1.33. The zero-order valence-electron chi connectivity index (χ0n) is 8.78. The first-order valence-electron chi connectivity index (χ1n) is 5.15. The van der Waals surface area contributed by atoms with Crippen molar-refractivity contribution in [2.75, 3.05) is 6.61 Å². The van der Waals surface area contributed by atoms with Crippen LogP contribution in [0.2, 0.25) is 0 Å². The summed E-state index contributed by atoms with van der Waals surface area (Å²) in [5.41, 5.74) is 1.33. The van der Waals surface area contributed by atoms with Gasteiger partial charge in [0.05, 0.1) is 12.7 Å². The molecular formula is C13H18O. The molecular weight excluding hydrogens is 172 g/mol. The summed E-state index contributed by atoms with van der Waals surface area (Å²) in [6.07, 6.45) is 4.05. The van der Waals surface area contributed by atoms with Crippen molar-refractivity contribution < 1.29 is 4.74 Å². The molecule has 0 bridgehead atoms. The van der Waals surface area contributed by atoms with Crippen LogP contribution in [0.25, 0.3) is 0 Å². The second kappa shape index (κ2) is 6.39. The minimum atomic E-state index is 0.207. The number of hydrogen-bond donors (Lipinski definition) is 0. The third-order valence-electron chi connectivity index (χ3n) is 2.23. The van der Waals surface area contributed by atoms with E-state index in [-0.39, 0.29) is 6.10 Å². The monoisotopic (exact) mass is 190 g/mol. The Hall–Kier alpha value is -1.08. The average Bonchev–Trinajstić information content (AvgIpc) is 2.26. The SMILES string of the molecule is C=CC(CC)OCCc1ccccc1. The van der Waals surface area contributed by atoms with Crippen LogP contribution in [0.5, 0.6) is 0 Å². The number of benzene rings is 1. The molecule has 0 saturated heterocycles. The number of ether oxygens (including phenoxy) is 1. The summed E-state index contributed by atoms with van der Waals surface area (Å²) in [6.45, 7) is 6.61. The van der Waals surface area contributed by atoms with E-state index in [0.29, 0.717) is 0 Å². The Bertz CT molecular complexity index is 253. The van der Waals surface area contributed by atoms with E-state index in [4.69, 9.17) is 4.74 Å². The summed E-state index contributed by atoms with van der Waals surface area (Å²) in [5.74, 6) is 0. The molecule has 0 heterocycles. The molecule has 1 nitrogen and oxygen atoms in total. The maximum absolute atomic E-state index is 5.63. The summed E-state index contributed by atoms with van der Waals surface area (Å²) in [5, 5.41) is 0. The van der Waals surface area contributed by atoms with Crippen molar-refractivity contribution in [1.82, 2.24) is 0 Å². The van der Waals surface area contributed by atoms with E-state index in [9.17, 15) is 0 Å². The Kier molecular flexibility index (Phi) is 5.02. The summed E-state index contributed by atoms with van der Waals surface area (Å²) in [7, 11) is 0. The summed E-state index contributed by atoms with van der Waals surface area (Å²) < 4.78 is 5.63. The molecule has 0 aromatic heterocycles. The molecule has 1 aromatic rings. The second-order valence-corrected chi connectivity index (χ2v) is 3.29. The Balaban J connectivity index is 2.25. The fraction of sp³-hybridized carbons (Fsp3) is 0.385. The van der Waals surface area contributed by atoms with Gasteiger partial charge in [0.15, 0.2) is 0 Å². The van der Waals surface area contributed by atoms with E-state index in [0.717, 1.165) is 19.4 Å². The highest BCUT2D eigenvalue weighted by Crippen LogP contribution is 2.03. The third kappa shape index (κ3) is 3.75. The standard InChI is InChI=1S/C13H18O/c1-3-13(4-2)14-11-10-12-8-6-5-7-9-12/h3,5-9,13H,1,4,10-11H2,2H3. The van der Waals surface area contributed by atoms with Gasteiger partial charge in [0.1, 0.15) is 0 Å². The van der Waals surface area contributed by atoms with Crippen molar-refractivity contribution in [1.29, 1.82) is 0 Å². The van der Waals surface area contributed by atoms with Gasteiger partial charge in [0, 0.05) is 0 Å². The molecule has 0 aliphatic heterocycles. The van der Waals surface area contributed by atoms with Gasteiger partial charge in [-0.25, -0.2) is 0 Å². The topological polar surface area (TPSA) is 9.23 Å². The quantitative estimate of drug-likeness (QED) is 0.626. The lowest BCUT2D eigenvalue weighted by molar-refractivity contribution is 0.0855. The van der Waals surface area contributed by atoms with Crippen molar-refractivity contribution in [2.45, 2.75) is 25.9 Å². The van der Waals surface area contributed by atoms with Gasteiger partial charge in [0.25, 0.3) is 0 Å². The van der Waals surface area contributed by atoms with Crippen LogP contribution in [0.15, 0.2) is 43.0 Å². The molecule has 1 rings (SSSR count). The maximum atomic E-state index is 5.63. The minimum absolute atomic E-state index is 0.207. The van der Waals surface area contributed by atoms with E-state index >= 15 is 0 Å². The molecule has 0 radical (unpaired) electrons. The average molecular weight is 190 g/mol. The number of rotatable bonds is 6. The molecule has 0 spiro atoms. The highest BCUT2D eigenvalue weighted by Gasteiger charge is 1.99. The maximum Gasteiger partial charge on any atom is 0.0750 e. The predicted molar refractivity (Wildman–Crippen MR) is 60.4 cm³/mol. The van der Waals surface area contributed by atoms with Gasteiger partial charge in [-0.1, -0.05) is 43.3 Å². The van der Waals surface area contributed by atoms with E-state index in [1.54, 1.807) is 0 Å². The normalized spacial score (nSPS) is 12.4. The van der Waals surface area contributed by atoms with E-state index < -0.39 is 0 Å². The molecule has 0 amide bonds. The van der Waals surface area contributed by atoms with Gasteiger partial charge < -0.3 is 4.74 Å². The first kappa shape index (κ1) is 11.0. The van der Waals surface area contributed by atoms with Crippen LogP contribution in [0.1, 0.15) is 18.9 Å². The Morgan fingerprint density at radius 2 is 2.07 bits per heavy atom. The van der Waals surface area contributed by atoms with Crippen molar-refractivity contribution in [2.24, 2.45) is 0 Å². The van der Waals surface area contributed by atoms with Crippen LogP contribution in [0.4, 0.5) is 0 Å². The first-order chi connectivity index (χ1) is 6.86. The minimum Gasteiger partial charge on any atom is -0.374 e. The molecule has 0 aliphatic rings. The summed E-state index contributed by atoms with van der Waals surface area (Å²) in [4.78, 5) is 0. The van der Waals surface area contributed by atoms with Crippen molar-refractivity contribution in [3.8, 4) is 0 Å².